The molecule has 2 aromatic carbocycles. The number of benzene rings is 2. The van der Waals surface area contributed by atoms with Gasteiger partial charge in [0.2, 0.25) is 0 Å². The SMILES string of the molecule is COC1CC(c2cccc(N3Cc4c(cc(CNCC5CC5(F)F)cc4C(F)(F)F)C3=O)c2)(c2nncn2C)C1. The van der Waals surface area contributed by atoms with E-state index >= 15 is 0 Å². The Morgan fingerprint density at radius 2 is 1.90 bits per heavy atom. The molecular weight excluding hydrogens is 533 g/mol. The molecule has 1 aromatic heterocycles. The molecule has 1 amide bonds. The molecule has 2 aliphatic carbocycles. The second-order valence-corrected chi connectivity index (χ2v) is 11.0. The van der Waals surface area contributed by atoms with Gasteiger partial charge in [-0.25, -0.2) is 8.78 Å². The van der Waals surface area contributed by atoms with Gasteiger partial charge >= 0.3 is 6.18 Å². The molecule has 3 aliphatic rings. The van der Waals surface area contributed by atoms with E-state index in [0.717, 1.165) is 17.5 Å². The van der Waals surface area contributed by atoms with Crippen molar-refractivity contribution in [3.8, 4) is 0 Å². The number of aromatic nitrogens is 3. The normalized spacial score (nSPS) is 25.2. The number of anilines is 1. The molecule has 1 aliphatic heterocycles. The van der Waals surface area contributed by atoms with Crippen LogP contribution in [0, 0.1) is 5.92 Å². The molecule has 40 heavy (non-hydrogen) atoms. The topological polar surface area (TPSA) is 72.3 Å². The van der Waals surface area contributed by atoms with Crippen molar-refractivity contribution in [1.29, 1.82) is 0 Å². The van der Waals surface area contributed by atoms with Gasteiger partial charge in [-0.05, 0) is 53.8 Å². The molecule has 0 spiro atoms. The summed E-state index contributed by atoms with van der Waals surface area (Å²) in [5.74, 6) is -3.32. The molecule has 2 heterocycles. The predicted octanol–water partition coefficient (Wildman–Crippen LogP) is 4.83. The fourth-order valence-corrected chi connectivity index (χ4v) is 6.03. The smallest absolute Gasteiger partial charge is 0.381 e. The Bertz CT molecular complexity index is 1460. The molecule has 7 nitrogen and oxygen atoms in total. The molecule has 6 rings (SSSR count). The molecule has 1 atom stereocenters. The highest BCUT2D eigenvalue weighted by Gasteiger charge is 2.56. The van der Waals surface area contributed by atoms with Crippen molar-refractivity contribution in [2.24, 2.45) is 13.0 Å². The molecule has 12 heteroatoms. The third-order valence-corrected chi connectivity index (χ3v) is 8.42. The lowest BCUT2D eigenvalue weighted by Crippen LogP contribution is -2.48. The monoisotopic (exact) mass is 561 g/mol. The second kappa shape index (κ2) is 9.34. The van der Waals surface area contributed by atoms with Crippen LogP contribution in [0.25, 0.3) is 0 Å². The first-order valence-corrected chi connectivity index (χ1v) is 13.0. The fourth-order valence-electron chi connectivity index (χ4n) is 6.03. The lowest BCUT2D eigenvalue weighted by atomic mass is 9.62. The van der Waals surface area contributed by atoms with Crippen molar-refractivity contribution in [3.05, 3.63) is 76.4 Å². The zero-order chi connectivity index (χ0) is 28.4. The van der Waals surface area contributed by atoms with E-state index in [0.29, 0.717) is 18.5 Å². The van der Waals surface area contributed by atoms with Crippen molar-refractivity contribution in [3.63, 3.8) is 0 Å². The van der Waals surface area contributed by atoms with E-state index in [2.05, 4.69) is 15.5 Å². The molecule has 1 N–H and O–H groups in total. The number of nitrogens with zero attached hydrogens (tertiary/aromatic N) is 4. The first-order valence-electron chi connectivity index (χ1n) is 13.0. The summed E-state index contributed by atoms with van der Waals surface area (Å²) in [6.45, 7) is -0.284. The van der Waals surface area contributed by atoms with Crippen LogP contribution in [0.2, 0.25) is 0 Å². The van der Waals surface area contributed by atoms with E-state index < -0.39 is 34.9 Å². The van der Waals surface area contributed by atoms with Crippen LogP contribution in [0.4, 0.5) is 27.6 Å². The van der Waals surface area contributed by atoms with Crippen molar-refractivity contribution in [2.45, 2.75) is 56.0 Å². The van der Waals surface area contributed by atoms with Gasteiger partial charge in [0.15, 0.2) is 0 Å². The molecule has 2 saturated carbocycles. The van der Waals surface area contributed by atoms with E-state index in [4.69, 9.17) is 4.74 Å². The van der Waals surface area contributed by atoms with Crippen LogP contribution in [0.15, 0.2) is 42.7 Å². The van der Waals surface area contributed by atoms with Gasteiger partial charge in [0.25, 0.3) is 11.8 Å². The summed E-state index contributed by atoms with van der Waals surface area (Å²) in [4.78, 5) is 14.9. The number of carbonyl (C=O) groups is 1. The van der Waals surface area contributed by atoms with Gasteiger partial charge < -0.3 is 19.5 Å². The molecule has 3 aromatic rings. The number of alkyl halides is 5. The van der Waals surface area contributed by atoms with Crippen LogP contribution >= 0.6 is 0 Å². The largest absolute Gasteiger partial charge is 0.416 e. The number of hydrogen-bond donors (Lipinski definition) is 1. The van der Waals surface area contributed by atoms with E-state index in [-0.39, 0.29) is 48.8 Å². The number of hydrogen-bond acceptors (Lipinski definition) is 5. The van der Waals surface area contributed by atoms with Crippen molar-refractivity contribution >= 4 is 11.6 Å². The summed E-state index contributed by atoms with van der Waals surface area (Å²) in [5.41, 5.74) is 0.0573. The Morgan fingerprint density at radius 1 is 1.15 bits per heavy atom. The Morgan fingerprint density at radius 3 is 2.52 bits per heavy atom. The summed E-state index contributed by atoms with van der Waals surface area (Å²) in [6.07, 6.45) is -1.98. The predicted molar refractivity (Wildman–Crippen MR) is 135 cm³/mol. The average molecular weight is 562 g/mol. The molecule has 2 fully saturated rings. The number of halogens is 5. The zero-order valence-corrected chi connectivity index (χ0v) is 21.9. The van der Waals surface area contributed by atoms with Gasteiger partial charge in [-0.3, -0.25) is 4.79 Å². The summed E-state index contributed by atoms with van der Waals surface area (Å²) in [7, 11) is 3.49. The number of nitrogens with one attached hydrogen (secondary N) is 1. The maximum absolute atomic E-state index is 14.1. The van der Waals surface area contributed by atoms with Gasteiger partial charge in [0.1, 0.15) is 12.2 Å². The van der Waals surface area contributed by atoms with Gasteiger partial charge in [0.05, 0.1) is 23.6 Å². The zero-order valence-electron chi connectivity index (χ0n) is 21.9. The minimum Gasteiger partial charge on any atom is -0.381 e. The highest BCUT2D eigenvalue weighted by atomic mass is 19.4. The second-order valence-electron chi connectivity index (χ2n) is 11.0. The molecule has 0 bridgehead atoms. The lowest BCUT2D eigenvalue weighted by molar-refractivity contribution is -0.138. The Balaban J connectivity index is 1.30. The first-order chi connectivity index (χ1) is 18.9. The van der Waals surface area contributed by atoms with Gasteiger partial charge in [-0.2, -0.15) is 13.2 Å². The average Bonchev–Trinajstić information content (AvgIpc) is 3.14. The highest BCUT2D eigenvalue weighted by Crippen LogP contribution is 2.50. The van der Waals surface area contributed by atoms with Gasteiger partial charge in [-0.1, -0.05) is 12.1 Å². The molecular formula is C28H28F5N5O2. The van der Waals surface area contributed by atoms with Crippen molar-refractivity contribution in [1.82, 2.24) is 20.1 Å². The number of amides is 1. The molecule has 0 saturated heterocycles. The number of fused-ring (bicyclic) bond motifs is 1. The summed E-state index contributed by atoms with van der Waals surface area (Å²) >= 11 is 0. The number of rotatable bonds is 8. The minimum absolute atomic E-state index is 0.00447. The lowest BCUT2D eigenvalue weighted by Gasteiger charge is -2.46. The standard InChI is InChI=1S/C28H28F5N5O2/c1-37-15-35-36-25(37)26(10-20(11-26)40-2)17-4-3-5-19(8-17)38-14-22-21(24(38)39)6-16(7-23(22)28(31,32)33)12-34-13-18-9-27(18,29)30/h3-8,15,18,20,34H,9-14H2,1-2H3. The Hall–Kier alpha value is -3.38. The maximum Gasteiger partial charge on any atom is 0.416 e. The van der Waals surface area contributed by atoms with E-state index in [1.807, 2.05) is 23.7 Å². The Kier molecular flexibility index (Phi) is 6.26. The van der Waals surface area contributed by atoms with Crippen molar-refractivity contribution < 1.29 is 31.5 Å². The van der Waals surface area contributed by atoms with E-state index in [9.17, 15) is 26.7 Å². The highest BCUT2D eigenvalue weighted by molar-refractivity contribution is 6.10. The molecule has 0 radical (unpaired) electrons. The van der Waals surface area contributed by atoms with E-state index in [1.54, 1.807) is 25.6 Å². The first kappa shape index (κ1) is 26.8. The summed E-state index contributed by atoms with van der Waals surface area (Å²) in [5, 5.41) is 11.2. The number of methoxy groups -OCH3 is 1. The number of carbonyl (C=O) groups excluding carboxylic acids is 1. The van der Waals surface area contributed by atoms with Crippen molar-refractivity contribution in [2.75, 3.05) is 18.6 Å². The molecule has 1 unspecified atom stereocenters. The summed E-state index contributed by atoms with van der Waals surface area (Å²) in [6, 6.07) is 9.68. The van der Waals surface area contributed by atoms with Crippen LogP contribution in [0.3, 0.4) is 0 Å². The quantitative estimate of drug-likeness (QED) is 0.399. The maximum atomic E-state index is 14.1. The van der Waals surface area contributed by atoms with Crippen LogP contribution < -0.4 is 10.2 Å². The molecule has 212 valence electrons. The fraction of sp³-hybridized carbons (Fsp3) is 0.464. The van der Waals surface area contributed by atoms with Crippen LogP contribution in [0.1, 0.15) is 57.7 Å². The van der Waals surface area contributed by atoms with E-state index in [1.165, 1.54) is 11.0 Å². The number of aryl methyl sites for hydroxylation is 1. The number of ether oxygens (including phenoxy) is 1. The summed E-state index contributed by atoms with van der Waals surface area (Å²) < 4.78 is 76.1. The van der Waals surface area contributed by atoms with Crippen LogP contribution in [-0.2, 0) is 36.5 Å². The van der Waals surface area contributed by atoms with Gasteiger partial charge in [-0.15, -0.1) is 10.2 Å². The van der Waals surface area contributed by atoms with Crippen LogP contribution in [0.5, 0.6) is 0 Å². The van der Waals surface area contributed by atoms with Crippen LogP contribution in [-0.4, -0.2) is 46.4 Å². The minimum atomic E-state index is -4.68. The Labute approximate surface area is 227 Å². The third-order valence-electron chi connectivity index (χ3n) is 8.42. The third kappa shape index (κ3) is 4.46. The van der Waals surface area contributed by atoms with Gasteiger partial charge in [0, 0.05) is 50.8 Å².